The predicted molar refractivity (Wildman–Crippen MR) is 86.5 cm³/mol. The van der Waals surface area contributed by atoms with Crippen molar-refractivity contribution >= 4 is 17.5 Å². The first kappa shape index (κ1) is 17.4. The van der Waals surface area contributed by atoms with E-state index >= 15 is 0 Å². The first-order chi connectivity index (χ1) is 11.0. The second kappa shape index (κ2) is 8.06. The number of nitrogens with one attached hydrogen (secondary N) is 1. The maximum atomic E-state index is 13.7. The number of hydrogen-bond acceptors (Lipinski definition) is 3. The molecule has 5 nitrogen and oxygen atoms in total. The Morgan fingerprint density at radius 2 is 2.04 bits per heavy atom. The molecule has 0 bridgehead atoms. The Balaban J connectivity index is 1.92. The van der Waals surface area contributed by atoms with Gasteiger partial charge in [0.1, 0.15) is 5.82 Å². The summed E-state index contributed by atoms with van der Waals surface area (Å²) in [5, 5.41) is 11.4. The topological polar surface area (TPSA) is 59.8 Å². The van der Waals surface area contributed by atoms with Crippen molar-refractivity contribution in [2.24, 2.45) is 5.92 Å². The first-order valence-electron chi connectivity index (χ1n) is 7.53. The summed E-state index contributed by atoms with van der Waals surface area (Å²) in [6, 6.07) is 4.43. The van der Waals surface area contributed by atoms with E-state index in [0.29, 0.717) is 17.1 Å². The molecule has 1 heterocycles. The van der Waals surface area contributed by atoms with Crippen molar-refractivity contribution in [3.05, 3.63) is 47.0 Å². The fraction of sp³-hybridized carbons (Fsp3) is 0.438. The maximum Gasteiger partial charge on any atom is 0.220 e. The van der Waals surface area contributed by atoms with Crippen LogP contribution in [0.4, 0.5) is 4.39 Å². The standard InChI is InChI=1S/C16H20ClFN4O/c1-11(2)15(10-22-19-8-9-20-22)21-16(23)7-6-12-13(17)4-3-5-14(12)18/h3-5,8-9,11,15H,6-7,10H2,1-2H3,(H,21,23). The molecule has 23 heavy (non-hydrogen) atoms. The summed E-state index contributed by atoms with van der Waals surface area (Å²) in [4.78, 5) is 13.7. The van der Waals surface area contributed by atoms with E-state index in [0.717, 1.165) is 0 Å². The van der Waals surface area contributed by atoms with Crippen LogP contribution < -0.4 is 5.32 Å². The number of carbonyl (C=O) groups excluding carboxylic acids is 1. The number of amides is 1. The summed E-state index contributed by atoms with van der Waals surface area (Å²) in [7, 11) is 0. The zero-order valence-corrected chi connectivity index (χ0v) is 13.9. The fourth-order valence-corrected chi connectivity index (χ4v) is 2.48. The van der Waals surface area contributed by atoms with E-state index in [4.69, 9.17) is 11.6 Å². The average Bonchev–Trinajstić information content (AvgIpc) is 2.99. The van der Waals surface area contributed by atoms with Gasteiger partial charge in [-0.25, -0.2) is 4.39 Å². The largest absolute Gasteiger partial charge is 0.351 e. The SMILES string of the molecule is CC(C)C(Cn1nccn1)NC(=O)CCc1c(F)cccc1Cl. The third kappa shape index (κ3) is 5.03. The van der Waals surface area contributed by atoms with Gasteiger partial charge in [0.2, 0.25) is 5.91 Å². The van der Waals surface area contributed by atoms with Crippen LogP contribution in [0.25, 0.3) is 0 Å². The Morgan fingerprint density at radius 3 is 2.65 bits per heavy atom. The monoisotopic (exact) mass is 338 g/mol. The molecule has 1 aromatic carbocycles. The van der Waals surface area contributed by atoms with Crippen LogP contribution in [0.3, 0.4) is 0 Å². The molecule has 1 atom stereocenters. The van der Waals surface area contributed by atoms with Crippen LogP contribution in [0.2, 0.25) is 5.02 Å². The molecule has 1 N–H and O–H groups in total. The van der Waals surface area contributed by atoms with Gasteiger partial charge in [-0.1, -0.05) is 31.5 Å². The quantitative estimate of drug-likeness (QED) is 0.844. The molecule has 124 valence electrons. The highest BCUT2D eigenvalue weighted by Gasteiger charge is 2.18. The molecule has 0 radical (unpaired) electrons. The third-order valence-corrected chi connectivity index (χ3v) is 4.00. The lowest BCUT2D eigenvalue weighted by atomic mass is 10.0. The van der Waals surface area contributed by atoms with Crippen LogP contribution in [-0.4, -0.2) is 26.9 Å². The third-order valence-electron chi connectivity index (χ3n) is 3.64. The van der Waals surface area contributed by atoms with E-state index < -0.39 is 0 Å². The van der Waals surface area contributed by atoms with Crippen LogP contribution in [-0.2, 0) is 17.8 Å². The molecule has 1 amide bonds. The van der Waals surface area contributed by atoms with Gasteiger partial charge in [-0.3, -0.25) is 4.79 Å². The van der Waals surface area contributed by atoms with Gasteiger partial charge in [0.25, 0.3) is 0 Å². The Labute approximate surface area is 139 Å². The van der Waals surface area contributed by atoms with Crippen molar-refractivity contribution in [3.63, 3.8) is 0 Å². The number of hydrogen-bond donors (Lipinski definition) is 1. The smallest absolute Gasteiger partial charge is 0.220 e. The molecular formula is C16H20ClFN4O. The second-order valence-corrected chi connectivity index (χ2v) is 6.11. The van der Waals surface area contributed by atoms with Gasteiger partial charge in [-0.05, 0) is 24.5 Å². The summed E-state index contributed by atoms with van der Waals surface area (Å²) in [5.41, 5.74) is 0.374. The van der Waals surface area contributed by atoms with Crippen molar-refractivity contribution in [3.8, 4) is 0 Å². The summed E-state index contributed by atoms with van der Waals surface area (Å²) < 4.78 is 13.7. The van der Waals surface area contributed by atoms with E-state index in [1.165, 1.54) is 6.07 Å². The van der Waals surface area contributed by atoms with Gasteiger partial charge in [-0.15, -0.1) is 0 Å². The zero-order valence-electron chi connectivity index (χ0n) is 13.2. The minimum atomic E-state index is -0.383. The minimum Gasteiger partial charge on any atom is -0.351 e. The normalized spacial score (nSPS) is 12.4. The highest BCUT2D eigenvalue weighted by Crippen LogP contribution is 2.20. The van der Waals surface area contributed by atoms with Crippen LogP contribution in [0, 0.1) is 11.7 Å². The summed E-state index contributed by atoms with van der Waals surface area (Å²) in [6.07, 6.45) is 3.64. The number of aromatic nitrogens is 3. The minimum absolute atomic E-state index is 0.0917. The van der Waals surface area contributed by atoms with Crippen LogP contribution >= 0.6 is 11.6 Å². The van der Waals surface area contributed by atoms with Crippen LogP contribution in [0.5, 0.6) is 0 Å². The maximum absolute atomic E-state index is 13.7. The number of rotatable bonds is 7. The molecule has 0 aliphatic rings. The highest BCUT2D eigenvalue weighted by atomic mass is 35.5. The molecule has 0 aliphatic heterocycles. The van der Waals surface area contributed by atoms with Crippen molar-refractivity contribution in [1.82, 2.24) is 20.3 Å². The van der Waals surface area contributed by atoms with Gasteiger partial charge >= 0.3 is 0 Å². The molecule has 0 spiro atoms. The molecule has 2 aromatic rings. The van der Waals surface area contributed by atoms with E-state index in [-0.39, 0.29) is 36.5 Å². The van der Waals surface area contributed by atoms with Crippen molar-refractivity contribution in [1.29, 1.82) is 0 Å². The number of nitrogens with zero attached hydrogens (tertiary/aromatic N) is 3. The summed E-state index contributed by atoms with van der Waals surface area (Å²) >= 11 is 5.97. The molecule has 1 aromatic heterocycles. The molecule has 2 rings (SSSR count). The lowest BCUT2D eigenvalue weighted by Gasteiger charge is -2.22. The van der Waals surface area contributed by atoms with Crippen LogP contribution in [0.1, 0.15) is 25.8 Å². The Hall–Kier alpha value is -1.95. The van der Waals surface area contributed by atoms with Gasteiger partial charge in [0.05, 0.1) is 25.0 Å². The number of carbonyl (C=O) groups is 1. The molecular weight excluding hydrogens is 319 g/mol. The van der Waals surface area contributed by atoms with E-state index in [1.807, 2.05) is 13.8 Å². The number of benzene rings is 1. The van der Waals surface area contributed by atoms with E-state index in [9.17, 15) is 9.18 Å². The molecule has 7 heteroatoms. The number of halogens is 2. The Bertz CT molecular complexity index is 625. The average molecular weight is 339 g/mol. The second-order valence-electron chi connectivity index (χ2n) is 5.70. The van der Waals surface area contributed by atoms with E-state index in [1.54, 1.807) is 29.3 Å². The summed E-state index contributed by atoms with van der Waals surface area (Å²) in [6.45, 7) is 4.53. The molecule has 0 fully saturated rings. The summed E-state index contributed by atoms with van der Waals surface area (Å²) in [5.74, 6) is -0.302. The van der Waals surface area contributed by atoms with E-state index in [2.05, 4.69) is 15.5 Å². The lowest BCUT2D eigenvalue weighted by Crippen LogP contribution is -2.42. The zero-order chi connectivity index (χ0) is 16.8. The molecule has 1 unspecified atom stereocenters. The molecule has 0 saturated carbocycles. The van der Waals surface area contributed by atoms with Gasteiger partial charge in [-0.2, -0.15) is 15.0 Å². The predicted octanol–water partition coefficient (Wildman–Crippen LogP) is 2.84. The molecule has 0 aliphatic carbocycles. The highest BCUT2D eigenvalue weighted by molar-refractivity contribution is 6.31. The van der Waals surface area contributed by atoms with Crippen molar-refractivity contribution in [2.75, 3.05) is 0 Å². The van der Waals surface area contributed by atoms with Crippen LogP contribution in [0.15, 0.2) is 30.6 Å². The molecule has 0 saturated heterocycles. The van der Waals surface area contributed by atoms with Gasteiger partial charge in [0, 0.05) is 17.0 Å². The van der Waals surface area contributed by atoms with Crippen molar-refractivity contribution in [2.45, 2.75) is 39.3 Å². The van der Waals surface area contributed by atoms with Crippen molar-refractivity contribution < 1.29 is 9.18 Å². The Morgan fingerprint density at radius 1 is 1.35 bits per heavy atom. The first-order valence-corrected chi connectivity index (χ1v) is 7.91. The Kier molecular flexibility index (Phi) is 6.10. The fourth-order valence-electron chi connectivity index (χ4n) is 2.23. The van der Waals surface area contributed by atoms with Gasteiger partial charge < -0.3 is 5.32 Å². The lowest BCUT2D eigenvalue weighted by molar-refractivity contribution is -0.122. The van der Waals surface area contributed by atoms with Gasteiger partial charge in [0.15, 0.2) is 0 Å².